The Morgan fingerprint density at radius 2 is 2.00 bits per heavy atom. The van der Waals surface area contributed by atoms with Gasteiger partial charge < -0.3 is 9.67 Å². The standard InChI is InChI=1S/C17H11ClN4O2.C2H6/c18-12-4-11-3-10(1-2-15(11)20-5-12)7-22-8-14(17(23)24)13-6-19-9-21-16(13)22;1-2/h1-6,8-9H,7H2,(H,23,24);1-2H3. The predicted molar refractivity (Wildman–Crippen MR) is 102 cm³/mol. The second-order valence-electron chi connectivity index (χ2n) is 5.42. The van der Waals surface area contributed by atoms with Crippen molar-refractivity contribution in [3.8, 4) is 0 Å². The van der Waals surface area contributed by atoms with E-state index in [4.69, 9.17) is 11.6 Å². The first-order chi connectivity index (χ1) is 12.6. The zero-order chi connectivity index (χ0) is 18.7. The maximum atomic E-state index is 11.4. The number of pyridine rings is 1. The predicted octanol–water partition coefficient (Wildman–Crippen LogP) is 4.41. The highest BCUT2D eigenvalue weighted by atomic mass is 35.5. The fourth-order valence-corrected chi connectivity index (χ4v) is 2.94. The number of carbonyl (C=O) groups is 1. The summed E-state index contributed by atoms with van der Waals surface area (Å²) in [6, 6.07) is 7.71. The van der Waals surface area contributed by atoms with Crippen molar-refractivity contribution in [2.45, 2.75) is 20.4 Å². The van der Waals surface area contributed by atoms with Gasteiger partial charge >= 0.3 is 5.97 Å². The Labute approximate surface area is 155 Å². The zero-order valence-electron chi connectivity index (χ0n) is 14.3. The van der Waals surface area contributed by atoms with Crippen molar-refractivity contribution in [1.29, 1.82) is 0 Å². The normalized spacial score (nSPS) is 10.6. The maximum absolute atomic E-state index is 11.4. The summed E-state index contributed by atoms with van der Waals surface area (Å²) in [5, 5.41) is 11.4. The van der Waals surface area contributed by atoms with Gasteiger partial charge in [-0.1, -0.05) is 31.5 Å². The van der Waals surface area contributed by atoms with Crippen LogP contribution in [0.25, 0.3) is 21.9 Å². The smallest absolute Gasteiger partial charge is 0.337 e. The lowest BCUT2D eigenvalue weighted by atomic mass is 10.1. The SMILES string of the molecule is CC.O=C(O)c1cn(Cc2ccc3ncc(Cl)cc3c2)c2ncncc12. The number of hydrogen-bond donors (Lipinski definition) is 1. The largest absolute Gasteiger partial charge is 0.478 e. The number of hydrogen-bond acceptors (Lipinski definition) is 4. The molecule has 0 fully saturated rings. The van der Waals surface area contributed by atoms with E-state index in [2.05, 4.69) is 15.0 Å². The summed E-state index contributed by atoms with van der Waals surface area (Å²) in [4.78, 5) is 23.8. The Morgan fingerprint density at radius 1 is 1.19 bits per heavy atom. The Balaban J connectivity index is 0.000000948. The fraction of sp³-hybridized carbons (Fsp3) is 0.158. The van der Waals surface area contributed by atoms with Crippen molar-refractivity contribution in [3.05, 3.63) is 65.3 Å². The summed E-state index contributed by atoms with van der Waals surface area (Å²) in [6.45, 7) is 4.49. The van der Waals surface area contributed by atoms with Crippen LogP contribution >= 0.6 is 11.6 Å². The molecule has 0 bridgehead atoms. The van der Waals surface area contributed by atoms with Crippen LogP contribution in [0, 0.1) is 0 Å². The molecular weight excluding hydrogens is 352 g/mol. The second-order valence-corrected chi connectivity index (χ2v) is 5.85. The minimum atomic E-state index is -0.997. The minimum absolute atomic E-state index is 0.191. The Bertz CT molecular complexity index is 1090. The third-order valence-electron chi connectivity index (χ3n) is 3.83. The molecule has 26 heavy (non-hydrogen) atoms. The van der Waals surface area contributed by atoms with Gasteiger partial charge in [-0.05, 0) is 23.8 Å². The number of carboxylic acid groups (broad SMARTS) is 1. The third kappa shape index (κ3) is 3.36. The van der Waals surface area contributed by atoms with Crippen molar-refractivity contribution < 1.29 is 9.90 Å². The molecule has 6 nitrogen and oxygen atoms in total. The molecule has 1 N–H and O–H groups in total. The van der Waals surface area contributed by atoms with Gasteiger partial charge in [-0.25, -0.2) is 14.8 Å². The third-order valence-corrected chi connectivity index (χ3v) is 4.04. The van der Waals surface area contributed by atoms with Crippen LogP contribution in [0.1, 0.15) is 29.8 Å². The van der Waals surface area contributed by atoms with Gasteiger partial charge in [-0.15, -0.1) is 0 Å². The lowest BCUT2D eigenvalue weighted by Gasteiger charge is -2.06. The Hall–Kier alpha value is -2.99. The molecule has 132 valence electrons. The zero-order valence-corrected chi connectivity index (χ0v) is 15.1. The Kier molecular flexibility index (Phi) is 5.14. The summed E-state index contributed by atoms with van der Waals surface area (Å²) < 4.78 is 1.81. The number of benzene rings is 1. The number of rotatable bonds is 3. The van der Waals surface area contributed by atoms with Crippen LogP contribution in [0.3, 0.4) is 0 Å². The lowest BCUT2D eigenvalue weighted by Crippen LogP contribution is -2.00. The van der Waals surface area contributed by atoms with E-state index in [0.717, 1.165) is 16.5 Å². The van der Waals surface area contributed by atoms with Crippen molar-refractivity contribution >= 4 is 39.5 Å². The highest BCUT2D eigenvalue weighted by Crippen LogP contribution is 2.22. The molecule has 4 rings (SSSR count). The number of fused-ring (bicyclic) bond motifs is 2. The molecule has 1 aromatic carbocycles. The quantitative estimate of drug-likeness (QED) is 0.579. The van der Waals surface area contributed by atoms with Crippen LogP contribution < -0.4 is 0 Å². The summed E-state index contributed by atoms with van der Waals surface area (Å²) >= 11 is 6.00. The average Bonchev–Trinajstić information content (AvgIpc) is 3.02. The topological polar surface area (TPSA) is 80.9 Å². The van der Waals surface area contributed by atoms with Crippen LogP contribution in [0.15, 0.2) is 49.2 Å². The van der Waals surface area contributed by atoms with E-state index in [0.29, 0.717) is 22.6 Å². The van der Waals surface area contributed by atoms with Crippen molar-refractivity contribution in [2.75, 3.05) is 0 Å². The van der Waals surface area contributed by atoms with E-state index in [9.17, 15) is 9.90 Å². The molecule has 0 spiro atoms. The first-order valence-corrected chi connectivity index (χ1v) is 8.56. The molecule has 0 radical (unpaired) electrons. The van der Waals surface area contributed by atoms with Crippen LogP contribution in [0.4, 0.5) is 0 Å². The van der Waals surface area contributed by atoms with Gasteiger partial charge in [0.1, 0.15) is 12.0 Å². The number of aromatic carboxylic acids is 1. The second kappa shape index (κ2) is 7.49. The molecule has 0 aliphatic rings. The van der Waals surface area contributed by atoms with E-state index in [1.807, 2.05) is 38.1 Å². The molecule has 3 heterocycles. The molecule has 3 aromatic heterocycles. The molecule has 0 atom stereocenters. The summed E-state index contributed by atoms with van der Waals surface area (Å²) in [5.74, 6) is -0.997. The molecule has 0 saturated heterocycles. The molecule has 0 amide bonds. The average molecular weight is 369 g/mol. The summed E-state index contributed by atoms with van der Waals surface area (Å²) in [6.07, 6.45) is 6.13. The fourth-order valence-electron chi connectivity index (χ4n) is 2.77. The van der Waals surface area contributed by atoms with Gasteiger partial charge in [0.15, 0.2) is 0 Å². The molecule has 0 unspecified atom stereocenters. The number of nitrogens with zero attached hydrogens (tertiary/aromatic N) is 4. The van der Waals surface area contributed by atoms with E-state index >= 15 is 0 Å². The number of aromatic nitrogens is 4. The van der Waals surface area contributed by atoms with Crippen molar-refractivity contribution in [2.24, 2.45) is 0 Å². The summed E-state index contributed by atoms with van der Waals surface area (Å²) in [5.41, 5.74) is 2.64. The summed E-state index contributed by atoms with van der Waals surface area (Å²) in [7, 11) is 0. The van der Waals surface area contributed by atoms with Gasteiger partial charge in [0.05, 0.1) is 21.5 Å². The molecule has 0 aliphatic heterocycles. The van der Waals surface area contributed by atoms with E-state index in [1.165, 1.54) is 12.5 Å². The first-order valence-electron chi connectivity index (χ1n) is 8.18. The lowest BCUT2D eigenvalue weighted by molar-refractivity contribution is 0.0698. The van der Waals surface area contributed by atoms with Crippen LogP contribution in [0.5, 0.6) is 0 Å². The molecule has 7 heteroatoms. The van der Waals surface area contributed by atoms with Crippen molar-refractivity contribution in [1.82, 2.24) is 19.5 Å². The van der Waals surface area contributed by atoms with Gasteiger partial charge in [0.2, 0.25) is 0 Å². The number of carboxylic acids is 1. The van der Waals surface area contributed by atoms with Crippen molar-refractivity contribution in [3.63, 3.8) is 0 Å². The van der Waals surface area contributed by atoms with Gasteiger partial charge in [0.25, 0.3) is 0 Å². The van der Waals surface area contributed by atoms with E-state index in [-0.39, 0.29) is 5.56 Å². The highest BCUT2D eigenvalue weighted by Gasteiger charge is 2.15. The molecule has 4 aromatic rings. The van der Waals surface area contributed by atoms with Crippen LogP contribution in [-0.2, 0) is 6.54 Å². The molecule has 0 aliphatic carbocycles. The number of halogens is 1. The maximum Gasteiger partial charge on any atom is 0.337 e. The molecule has 0 saturated carbocycles. The molecular formula is C19H17ClN4O2. The van der Waals surface area contributed by atoms with Gasteiger partial charge in [-0.3, -0.25) is 4.98 Å². The van der Waals surface area contributed by atoms with E-state index < -0.39 is 5.97 Å². The van der Waals surface area contributed by atoms with Gasteiger partial charge in [-0.2, -0.15) is 0 Å². The first kappa shape index (κ1) is 17.8. The van der Waals surface area contributed by atoms with E-state index in [1.54, 1.807) is 17.0 Å². The van der Waals surface area contributed by atoms with Gasteiger partial charge in [0, 0.05) is 30.5 Å². The van der Waals surface area contributed by atoms with Crippen LogP contribution in [0.2, 0.25) is 5.02 Å². The highest BCUT2D eigenvalue weighted by molar-refractivity contribution is 6.31. The monoisotopic (exact) mass is 368 g/mol. The Morgan fingerprint density at radius 3 is 2.77 bits per heavy atom. The minimum Gasteiger partial charge on any atom is -0.478 e. The van der Waals surface area contributed by atoms with Crippen LogP contribution in [-0.4, -0.2) is 30.6 Å².